The molecule has 0 aromatic heterocycles. The Morgan fingerprint density at radius 1 is 0.600 bits per heavy atom. The summed E-state index contributed by atoms with van der Waals surface area (Å²) in [5.74, 6) is 0. The summed E-state index contributed by atoms with van der Waals surface area (Å²) in [4.78, 5) is 0. The van der Waals surface area contributed by atoms with E-state index in [0.717, 1.165) is 13.1 Å². The second kappa shape index (κ2) is 7.59. The third-order valence-corrected chi connectivity index (χ3v) is 3.36. The lowest BCUT2D eigenvalue weighted by molar-refractivity contribution is 0.796. The first-order valence-corrected chi connectivity index (χ1v) is 7.35. The fourth-order valence-corrected chi connectivity index (χ4v) is 2.06. The van der Waals surface area contributed by atoms with Crippen molar-refractivity contribution in [2.75, 3.05) is 23.7 Å². The van der Waals surface area contributed by atoms with Crippen LogP contribution in [0.1, 0.15) is 24.0 Å². The van der Waals surface area contributed by atoms with E-state index >= 15 is 0 Å². The van der Waals surface area contributed by atoms with Crippen molar-refractivity contribution in [2.45, 2.75) is 26.7 Å². The van der Waals surface area contributed by atoms with Crippen molar-refractivity contribution in [1.82, 2.24) is 0 Å². The predicted molar refractivity (Wildman–Crippen MR) is 88.6 cm³/mol. The van der Waals surface area contributed by atoms with Crippen LogP contribution < -0.4 is 10.6 Å². The van der Waals surface area contributed by atoms with Gasteiger partial charge in [0.15, 0.2) is 0 Å². The lowest BCUT2D eigenvalue weighted by Crippen LogP contribution is -2.06. The number of hydrogen-bond acceptors (Lipinski definition) is 2. The van der Waals surface area contributed by atoms with Crippen LogP contribution in [0, 0.1) is 13.8 Å². The Labute approximate surface area is 122 Å². The van der Waals surface area contributed by atoms with E-state index in [-0.39, 0.29) is 0 Å². The lowest BCUT2D eigenvalue weighted by atomic mass is 10.2. The molecule has 20 heavy (non-hydrogen) atoms. The molecule has 0 spiro atoms. The van der Waals surface area contributed by atoms with E-state index in [1.807, 2.05) is 0 Å². The molecule has 2 aromatic rings. The Morgan fingerprint density at radius 3 is 1.30 bits per heavy atom. The van der Waals surface area contributed by atoms with Gasteiger partial charge in [0.2, 0.25) is 0 Å². The van der Waals surface area contributed by atoms with Gasteiger partial charge < -0.3 is 10.6 Å². The van der Waals surface area contributed by atoms with Crippen LogP contribution in [0.3, 0.4) is 0 Å². The Morgan fingerprint density at radius 2 is 0.950 bits per heavy atom. The van der Waals surface area contributed by atoms with E-state index in [0.29, 0.717) is 0 Å². The van der Waals surface area contributed by atoms with Gasteiger partial charge in [0, 0.05) is 24.5 Å². The largest absolute Gasteiger partial charge is 0.385 e. The van der Waals surface area contributed by atoms with Crippen molar-refractivity contribution in [1.29, 1.82) is 0 Å². The third kappa shape index (κ3) is 4.96. The summed E-state index contributed by atoms with van der Waals surface area (Å²) in [5, 5.41) is 6.90. The molecule has 0 unspecified atom stereocenters. The van der Waals surface area contributed by atoms with Gasteiger partial charge in [-0.25, -0.2) is 0 Å². The topological polar surface area (TPSA) is 24.1 Å². The van der Waals surface area contributed by atoms with E-state index in [9.17, 15) is 0 Å². The lowest BCUT2D eigenvalue weighted by Gasteiger charge is -2.08. The summed E-state index contributed by atoms with van der Waals surface area (Å²) in [6.07, 6.45) is 2.35. The van der Waals surface area contributed by atoms with Gasteiger partial charge in [-0.1, -0.05) is 35.4 Å². The van der Waals surface area contributed by atoms with Crippen LogP contribution >= 0.6 is 0 Å². The van der Waals surface area contributed by atoms with E-state index in [2.05, 4.69) is 73.0 Å². The maximum atomic E-state index is 3.45. The van der Waals surface area contributed by atoms with Crippen molar-refractivity contribution in [2.24, 2.45) is 0 Å². The predicted octanol–water partition coefficient (Wildman–Crippen LogP) is 4.61. The number of benzene rings is 2. The van der Waals surface area contributed by atoms with Crippen LogP contribution in [0.4, 0.5) is 11.4 Å². The zero-order valence-electron chi connectivity index (χ0n) is 12.4. The highest BCUT2D eigenvalue weighted by molar-refractivity contribution is 5.45. The molecule has 0 radical (unpaired) electrons. The zero-order chi connectivity index (χ0) is 14.2. The fourth-order valence-electron chi connectivity index (χ4n) is 2.06. The standard InChI is InChI=1S/C18H24N2/c1-15-5-9-17(10-6-15)19-13-3-4-14-20-18-11-7-16(2)8-12-18/h5-12,19-20H,3-4,13-14H2,1-2H3. The molecule has 106 valence electrons. The van der Waals surface area contributed by atoms with Crippen molar-refractivity contribution in [3.63, 3.8) is 0 Å². The minimum atomic E-state index is 1.03. The van der Waals surface area contributed by atoms with Crippen LogP contribution in [0.2, 0.25) is 0 Å². The second-order valence-corrected chi connectivity index (χ2v) is 5.29. The molecule has 0 bridgehead atoms. The molecule has 0 fully saturated rings. The van der Waals surface area contributed by atoms with Crippen molar-refractivity contribution < 1.29 is 0 Å². The summed E-state index contributed by atoms with van der Waals surface area (Å²) < 4.78 is 0. The molecule has 2 nitrogen and oxygen atoms in total. The molecule has 2 aromatic carbocycles. The Balaban J connectivity index is 1.57. The summed E-state index contributed by atoms with van der Waals surface area (Å²) in [6.45, 7) is 6.28. The van der Waals surface area contributed by atoms with Gasteiger partial charge in [0.25, 0.3) is 0 Å². The quantitative estimate of drug-likeness (QED) is 0.717. The molecular formula is C18H24N2. The molecule has 0 amide bonds. The minimum Gasteiger partial charge on any atom is -0.385 e. The van der Waals surface area contributed by atoms with Crippen molar-refractivity contribution in [3.8, 4) is 0 Å². The van der Waals surface area contributed by atoms with Crippen LogP contribution in [-0.2, 0) is 0 Å². The van der Waals surface area contributed by atoms with Gasteiger partial charge in [-0.3, -0.25) is 0 Å². The first-order chi connectivity index (χ1) is 9.74. The molecule has 2 N–H and O–H groups in total. The molecule has 0 atom stereocenters. The average molecular weight is 268 g/mol. The summed E-state index contributed by atoms with van der Waals surface area (Å²) in [7, 11) is 0. The van der Waals surface area contributed by atoms with Crippen LogP contribution in [0.25, 0.3) is 0 Å². The molecule has 0 saturated carbocycles. The first-order valence-electron chi connectivity index (χ1n) is 7.35. The van der Waals surface area contributed by atoms with E-state index in [4.69, 9.17) is 0 Å². The molecule has 2 rings (SSSR count). The SMILES string of the molecule is Cc1ccc(NCCCCNc2ccc(C)cc2)cc1. The molecular weight excluding hydrogens is 244 g/mol. The first kappa shape index (κ1) is 14.4. The maximum Gasteiger partial charge on any atom is 0.0340 e. The summed E-state index contributed by atoms with van der Waals surface area (Å²) in [6, 6.07) is 17.1. The van der Waals surface area contributed by atoms with Gasteiger partial charge >= 0.3 is 0 Å². The molecule has 0 aliphatic rings. The van der Waals surface area contributed by atoms with Crippen LogP contribution in [-0.4, -0.2) is 13.1 Å². The minimum absolute atomic E-state index is 1.03. The second-order valence-electron chi connectivity index (χ2n) is 5.29. The molecule has 2 heteroatoms. The highest BCUT2D eigenvalue weighted by Gasteiger charge is 1.93. The van der Waals surface area contributed by atoms with Crippen molar-refractivity contribution >= 4 is 11.4 Å². The number of anilines is 2. The number of unbranched alkanes of at least 4 members (excludes halogenated alkanes) is 1. The monoisotopic (exact) mass is 268 g/mol. The highest BCUT2D eigenvalue weighted by atomic mass is 14.9. The normalized spacial score (nSPS) is 10.3. The van der Waals surface area contributed by atoms with Crippen LogP contribution in [0.5, 0.6) is 0 Å². The Hall–Kier alpha value is -1.96. The van der Waals surface area contributed by atoms with Gasteiger partial charge in [-0.05, 0) is 51.0 Å². The van der Waals surface area contributed by atoms with Gasteiger partial charge in [-0.15, -0.1) is 0 Å². The average Bonchev–Trinajstić information content (AvgIpc) is 2.46. The van der Waals surface area contributed by atoms with Gasteiger partial charge in [0.05, 0.1) is 0 Å². The maximum absolute atomic E-state index is 3.45. The molecule has 0 aliphatic carbocycles. The number of nitrogens with one attached hydrogen (secondary N) is 2. The van der Waals surface area contributed by atoms with Crippen LogP contribution in [0.15, 0.2) is 48.5 Å². The number of aryl methyl sites for hydroxylation is 2. The Kier molecular flexibility index (Phi) is 5.48. The van der Waals surface area contributed by atoms with Gasteiger partial charge in [-0.2, -0.15) is 0 Å². The summed E-state index contributed by atoms with van der Waals surface area (Å²) >= 11 is 0. The van der Waals surface area contributed by atoms with Crippen molar-refractivity contribution in [3.05, 3.63) is 59.7 Å². The summed E-state index contributed by atoms with van der Waals surface area (Å²) in [5.41, 5.74) is 5.03. The molecule has 0 aliphatic heterocycles. The fraction of sp³-hybridized carbons (Fsp3) is 0.333. The molecule has 0 saturated heterocycles. The van der Waals surface area contributed by atoms with E-state index in [1.54, 1.807) is 0 Å². The smallest absolute Gasteiger partial charge is 0.0340 e. The van der Waals surface area contributed by atoms with E-state index in [1.165, 1.54) is 35.3 Å². The van der Waals surface area contributed by atoms with E-state index < -0.39 is 0 Å². The number of rotatable bonds is 7. The third-order valence-electron chi connectivity index (χ3n) is 3.36. The molecule has 0 heterocycles. The number of hydrogen-bond donors (Lipinski definition) is 2. The highest BCUT2D eigenvalue weighted by Crippen LogP contribution is 2.10. The van der Waals surface area contributed by atoms with Gasteiger partial charge in [0.1, 0.15) is 0 Å². The zero-order valence-corrected chi connectivity index (χ0v) is 12.4. The Bertz CT molecular complexity index is 450.